The summed E-state index contributed by atoms with van der Waals surface area (Å²) >= 11 is 14.6. The van der Waals surface area contributed by atoms with Crippen LogP contribution in [-0.2, 0) is 6.61 Å². The van der Waals surface area contributed by atoms with Crippen LogP contribution < -0.4 is 4.74 Å². The fraction of sp³-hybridized carbons (Fsp3) is 0.241. The molecule has 0 aliphatic rings. The predicted molar refractivity (Wildman–Crippen MR) is 151 cm³/mol. The average Bonchev–Trinajstić information content (AvgIpc) is 3.26. The second-order valence-electron chi connectivity index (χ2n) is 9.08. The first kappa shape index (κ1) is 27.1. The lowest BCUT2D eigenvalue weighted by Crippen LogP contribution is -2.09. The molecule has 4 rings (SSSR count). The number of hydrogen-bond donors (Lipinski definition) is 1. The van der Waals surface area contributed by atoms with Crippen molar-refractivity contribution in [1.82, 2.24) is 9.78 Å². The van der Waals surface area contributed by atoms with E-state index in [1.165, 1.54) is 0 Å². The van der Waals surface area contributed by atoms with Gasteiger partial charge in [-0.25, -0.2) is 9.48 Å². The summed E-state index contributed by atoms with van der Waals surface area (Å²) in [7, 11) is 0. The first-order valence-corrected chi connectivity index (χ1v) is 13.5. The molecule has 1 aromatic heterocycles. The fourth-order valence-electron chi connectivity index (χ4n) is 4.21. The van der Waals surface area contributed by atoms with Crippen LogP contribution in [0.1, 0.15) is 64.7 Å². The molecular formula is C29H28Cl2N2O3S. The minimum atomic E-state index is -0.924. The third-order valence-corrected chi connectivity index (χ3v) is 7.86. The maximum Gasteiger partial charge on any atom is 0.335 e. The number of carboxylic acids is 1. The van der Waals surface area contributed by atoms with E-state index in [9.17, 15) is 9.90 Å². The minimum Gasteiger partial charge on any atom is -0.487 e. The Balaban J connectivity index is 1.54. The first-order valence-electron chi connectivity index (χ1n) is 11.9. The largest absolute Gasteiger partial charge is 0.487 e. The van der Waals surface area contributed by atoms with Gasteiger partial charge in [0.1, 0.15) is 18.0 Å². The Morgan fingerprint density at radius 2 is 1.73 bits per heavy atom. The van der Waals surface area contributed by atoms with E-state index in [0.29, 0.717) is 22.3 Å². The van der Waals surface area contributed by atoms with E-state index >= 15 is 0 Å². The number of benzene rings is 3. The van der Waals surface area contributed by atoms with Gasteiger partial charge in [0.15, 0.2) is 0 Å². The Morgan fingerprint density at radius 3 is 2.38 bits per heavy atom. The first-order chi connectivity index (χ1) is 17.7. The zero-order valence-corrected chi connectivity index (χ0v) is 23.4. The average molecular weight is 556 g/mol. The van der Waals surface area contributed by atoms with Gasteiger partial charge in [-0.05, 0) is 78.9 Å². The fourth-order valence-corrected chi connectivity index (χ4v) is 5.92. The maximum atomic E-state index is 11.3. The van der Waals surface area contributed by atoms with Crippen LogP contribution in [0, 0.1) is 6.92 Å². The summed E-state index contributed by atoms with van der Waals surface area (Å²) in [5.41, 5.74) is 5.15. The van der Waals surface area contributed by atoms with Crippen molar-refractivity contribution >= 4 is 40.9 Å². The number of thioether (sulfide) groups is 1. The normalized spacial score (nSPS) is 12.1. The van der Waals surface area contributed by atoms with E-state index in [-0.39, 0.29) is 16.7 Å². The molecule has 0 aliphatic heterocycles. The van der Waals surface area contributed by atoms with Gasteiger partial charge in [0.05, 0.1) is 27.5 Å². The van der Waals surface area contributed by atoms with Gasteiger partial charge in [-0.1, -0.05) is 55.2 Å². The topological polar surface area (TPSA) is 64.4 Å². The summed E-state index contributed by atoms with van der Waals surface area (Å²) in [6.45, 7) is 8.70. The number of ether oxygens (including phenoxy) is 1. The maximum absolute atomic E-state index is 11.3. The van der Waals surface area contributed by atoms with Crippen LogP contribution in [0.4, 0.5) is 0 Å². The van der Waals surface area contributed by atoms with Gasteiger partial charge in [-0.3, -0.25) is 0 Å². The number of aromatic nitrogens is 2. The summed E-state index contributed by atoms with van der Waals surface area (Å²) in [6, 6.07) is 18.5. The second-order valence-corrected chi connectivity index (χ2v) is 11.3. The van der Waals surface area contributed by atoms with E-state index in [1.54, 1.807) is 46.8 Å². The highest BCUT2D eigenvalue weighted by Crippen LogP contribution is 2.38. The van der Waals surface area contributed by atoms with Crippen LogP contribution in [0.3, 0.4) is 0 Å². The summed E-state index contributed by atoms with van der Waals surface area (Å²) < 4.78 is 8.01. The van der Waals surface area contributed by atoms with Gasteiger partial charge in [-0.2, -0.15) is 5.10 Å². The van der Waals surface area contributed by atoms with E-state index in [0.717, 1.165) is 33.0 Å². The summed E-state index contributed by atoms with van der Waals surface area (Å²) in [6.07, 6.45) is 1.84. The third-order valence-electron chi connectivity index (χ3n) is 6.12. The summed E-state index contributed by atoms with van der Waals surface area (Å²) in [4.78, 5) is 12.2. The van der Waals surface area contributed by atoms with E-state index < -0.39 is 5.97 Å². The quantitative estimate of drug-likeness (QED) is 0.209. The van der Waals surface area contributed by atoms with Gasteiger partial charge in [0.2, 0.25) is 0 Å². The second kappa shape index (κ2) is 11.6. The molecule has 0 fully saturated rings. The zero-order chi connectivity index (χ0) is 26.7. The zero-order valence-electron chi connectivity index (χ0n) is 21.0. The molecule has 0 saturated heterocycles. The molecule has 0 amide bonds. The summed E-state index contributed by atoms with van der Waals surface area (Å²) in [5, 5.41) is 15.0. The molecule has 4 aromatic rings. The predicted octanol–water partition coefficient (Wildman–Crippen LogP) is 8.74. The number of nitrogens with zero attached hydrogens (tertiary/aromatic N) is 2. The van der Waals surface area contributed by atoms with Crippen LogP contribution in [0.2, 0.25) is 10.0 Å². The molecule has 37 heavy (non-hydrogen) atoms. The minimum absolute atomic E-state index is 0.134. The molecule has 0 spiro atoms. The lowest BCUT2D eigenvalue weighted by atomic mass is 10.0. The van der Waals surface area contributed by atoms with Gasteiger partial charge in [-0.15, -0.1) is 11.8 Å². The lowest BCUT2D eigenvalue weighted by Gasteiger charge is -2.17. The molecule has 3 aromatic carbocycles. The van der Waals surface area contributed by atoms with Crippen LogP contribution in [0.5, 0.6) is 5.75 Å². The highest BCUT2D eigenvalue weighted by atomic mass is 35.5. The van der Waals surface area contributed by atoms with Crippen molar-refractivity contribution in [1.29, 1.82) is 0 Å². The van der Waals surface area contributed by atoms with Crippen LogP contribution >= 0.6 is 35.0 Å². The van der Waals surface area contributed by atoms with Crippen molar-refractivity contribution in [3.05, 3.63) is 105 Å². The van der Waals surface area contributed by atoms with Gasteiger partial charge >= 0.3 is 5.97 Å². The Morgan fingerprint density at radius 1 is 1.03 bits per heavy atom. The molecular weight excluding hydrogens is 527 g/mol. The molecule has 0 saturated carbocycles. The molecule has 0 radical (unpaired) electrons. The number of aryl methyl sites for hydroxylation is 1. The molecule has 8 heteroatoms. The third kappa shape index (κ3) is 6.15. The van der Waals surface area contributed by atoms with Gasteiger partial charge < -0.3 is 9.84 Å². The SMILES string of the molecule is Cc1cc(OCc2c(C(C)C)cnn2-c2c(Cl)cccc2Cl)ccc1C(C)Sc1cccc(C(=O)O)c1. The number of para-hydroxylation sites is 1. The van der Waals surface area contributed by atoms with E-state index in [4.69, 9.17) is 27.9 Å². The molecule has 0 aliphatic carbocycles. The number of rotatable bonds is 9. The molecule has 5 nitrogen and oxygen atoms in total. The summed E-state index contributed by atoms with van der Waals surface area (Å²) in [5.74, 6) is 0.0702. The van der Waals surface area contributed by atoms with Crippen LogP contribution in [-0.4, -0.2) is 20.9 Å². The van der Waals surface area contributed by atoms with E-state index in [1.807, 2.05) is 30.5 Å². The number of halogens is 2. The van der Waals surface area contributed by atoms with Crippen molar-refractivity contribution in [3.8, 4) is 11.4 Å². The van der Waals surface area contributed by atoms with Crippen LogP contribution in [0.25, 0.3) is 5.69 Å². The number of carboxylic acid groups (broad SMARTS) is 1. The number of carbonyl (C=O) groups is 1. The van der Waals surface area contributed by atoms with Gasteiger partial charge in [0, 0.05) is 10.1 Å². The van der Waals surface area contributed by atoms with Crippen molar-refractivity contribution in [3.63, 3.8) is 0 Å². The van der Waals surface area contributed by atoms with E-state index in [2.05, 4.69) is 38.9 Å². The molecule has 1 atom stereocenters. The van der Waals surface area contributed by atoms with Crippen molar-refractivity contribution < 1.29 is 14.6 Å². The standard InChI is InChI=1S/C29H28Cl2N2O3S/c1-17(2)24-15-32-33(28-25(30)9-6-10-26(28)31)27(24)16-36-21-11-12-23(18(3)13-21)19(4)37-22-8-5-7-20(14-22)29(34)35/h5-15,17,19H,16H2,1-4H3,(H,34,35). The van der Waals surface area contributed by atoms with Crippen molar-refractivity contribution in [2.24, 2.45) is 0 Å². The Labute approximate surface area is 231 Å². The smallest absolute Gasteiger partial charge is 0.335 e. The molecule has 1 N–H and O–H groups in total. The molecule has 1 unspecified atom stereocenters. The molecule has 192 valence electrons. The number of hydrogen-bond acceptors (Lipinski definition) is 4. The molecule has 1 heterocycles. The van der Waals surface area contributed by atoms with Crippen molar-refractivity contribution in [2.45, 2.75) is 50.4 Å². The number of aromatic carboxylic acids is 1. The van der Waals surface area contributed by atoms with Crippen molar-refractivity contribution in [2.75, 3.05) is 0 Å². The Hall–Kier alpha value is -2.93. The lowest BCUT2D eigenvalue weighted by molar-refractivity contribution is 0.0696. The monoisotopic (exact) mass is 554 g/mol. The molecule has 0 bridgehead atoms. The van der Waals surface area contributed by atoms with Crippen LogP contribution in [0.15, 0.2) is 71.8 Å². The highest BCUT2D eigenvalue weighted by molar-refractivity contribution is 7.99. The Bertz CT molecular complexity index is 1410. The highest BCUT2D eigenvalue weighted by Gasteiger charge is 2.20. The van der Waals surface area contributed by atoms with Gasteiger partial charge in [0.25, 0.3) is 0 Å². The Kier molecular flexibility index (Phi) is 8.53.